The number of fused-ring (bicyclic) bond motifs is 5. The fourth-order valence-corrected chi connectivity index (χ4v) is 7.04. The topological polar surface area (TPSA) is 59.1 Å². The maximum atomic E-state index is 13.4. The number of halogens is 1. The Kier molecular flexibility index (Phi) is 5.26. The fourth-order valence-electron chi connectivity index (χ4n) is 5.14. The number of aliphatic hydroxyl groups is 1. The molecule has 5 rings (SSSR count). The van der Waals surface area contributed by atoms with Crippen molar-refractivity contribution in [1.82, 2.24) is 0 Å². The highest BCUT2D eigenvalue weighted by Crippen LogP contribution is 2.52. The van der Waals surface area contributed by atoms with Crippen molar-refractivity contribution in [2.24, 2.45) is 0 Å². The largest absolute Gasteiger partial charge is 1.00 e. The number of epoxide rings is 1. The summed E-state index contributed by atoms with van der Waals surface area (Å²) in [5, 5.41) is 14.2. The van der Waals surface area contributed by atoms with Crippen LogP contribution in [0.1, 0.15) is 22.6 Å². The Morgan fingerprint density at radius 1 is 1.18 bits per heavy atom. The average molecular weight is 486 g/mol. The first kappa shape index (κ1) is 20.5. The summed E-state index contributed by atoms with van der Waals surface area (Å²) in [4.78, 5) is 15.1. The van der Waals surface area contributed by atoms with E-state index in [4.69, 9.17) is 9.47 Å². The Morgan fingerprint density at radius 2 is 1.71 bits per heavy atom. The van der Waals surface area contributed by atoms with Crippen LogP contribution < -0.4 is 17.0 Å². The van der Waals surface area contributed by atoms with E-state index in [0.29, 0.717) is 24.3 Å². The van der Waals surface area contributed by atoms with E-state index in [1.54, 1.807) is 0 Å². The van der Waals surface area contributed by atoms with E-state index in [-0.39, 0.29) is 35.7 Å². The van der Waals surface area contributed by atoms with E-state index in [1.807, 2.05) is 35.0 Å². The summed E-state index contributed by atoms with van der Waals surface area (Å²) < 4.78 is 12.9. The summed E-state index contributed by atoms with van der Waals surface area (Å²) >= 11 is 2.97. The SMILES string of the molecule is C[N+]1(C)[C@@H]2CC(OC(=O)C(CO)(c3cccs3)c3cccs3)C[C@H]1[C@@H]1O[C@@H]12.[Br-]. The first-order chi connectivity index (χ1) is 13.0. The van der Waals surface area contributed by atoms with Gasteiger partial charge in [0, 0.05) is 22.6 Å². The first-order valence-electron chi connectivity index (χ1n) is 9.37. The second-order valence-electron chi connectivity index (χ2n) is 8.35. The summed E-state index contributed by atoms with van der Waals surface area (Å²) in [5.74, 6) is -0.332. The molecule has 0 amide bonds. The summed E-state index contributed by atoms with van der Waals surface area (Å²) in [6, 6.07) is 8.43. The van der Waals surface area contributed by atoms with Crippen molar-refractivity contribution in [3.63, 3.8) is 0 Å². The lowest BCUT2D eigenvalue weighted by molar-refractivity contribution is -0.938. The molecule has 3 saturated heterocycles. The van der Waals surface area contributed by atoms with E-state index in [0.717, 1.165) is 27.1 Å². The minimum Gasteiger partial charge on any atom is -1.00 e. The number of carbonyl (C=O) groups is 1. The molecule has 1 N–H and O–H groups in total. The van der Waals surface area contributed by atoms with Crippen molar-refractivity contribution in [2.45, 2.75) is 48.7 Å². The number of ether oxygens (including phenoxy) is 2. The molecule has 3 aliphatic rings. The van der Waals surface area contributed by atoms with Crippen molar-refractivity contribution in [1.29, 1.82) is 0 Å². The van der Waals surface area contributed by atoms with E-state index < -0.39 is 5.41 Å². The van der Waals surface area contributed by atoms with Crippen LogP contribution in [-0.2, 0) is 19.7 Å². The van der Waals surface area contributed by atoms with Crippen molar-refractivity contribution < 1.29 is 40.8 Å². The molecule has 3 aliphatic heterocycles. The van der Waals surface area contributed by atoms with Crippen molar-refractivity contribution in [3.05, 3.63) is 44.8 Å². The Morgan fingerprint density at radius 3 is 2.14 bits per heavy atom. The zero-order chi connectivity index (χ0) is 18.8. The summed E-state index contributed by atoms with van der Waals surface area (Å²) in [6.07, 6.45) is 2.19. The normalized spacial score (nSPS) is 32.3. The number of nitrogens with zero attached hydrogens (tertiary/aromatic N) is 1. The lowest BCUT2D eigenvalue weighted by atomic mass is 9.85. The number of quaternary nitrogens is 1. The van der Waals surface area contributed by atoms with Gasteiger partial charge in [0.1, 0.15) is 30.4 Å². The van der Waals surface area contributed by atoms with Gasteiger partial charge in [-0.3, -0.25) is 4.79 Å². The minimum absolute atomic E-state index is 0. The van der Waals surface area contributed by atoms with E-state index in [2.05, 4.69) is 14.1 Å². The van der Waals surface area contributed by atoms with Gasteiger partial charge in [-0.1, -0.05) is 12.1 Å². The third-order valence-corrected chi connectivity index (χ3v) is 8.84. The van der Waals surface area contributed by atoms with Gasteiger partial charge in [-0.15, -0.1) is 22.7 Å². The van der Waals surface area contributed by atoms with Crippen molar-refractivity contribution in [2.75, 3.05) is 20.7 Å². The van der Waals surface area contributed by atoms with Crippen LogP contribution in [0.3, 0.4) is 0 Å². The number of hydrogen-bond donors (Lipinski definition) is 1. The monoisotopic (exact) mass is 485 g/mol. The highest BCUT2D eigenvalue weighted by Gasteiger charge is 2.71. The molecule has 2 aromatic heterocycles. The maximum Gasteiger partial charge on any atom is 0.325 e. The highest BCUT2D eigenvalue weighted by molar-refractivity contribution is 7.12. The molecule has 2 bridgehead atoms. The van der Waals surface area contributed by atoms with Gasteiger partial charge in [0.25, 0.3) is 0 Å². The third kappa shape index (κ3) is 2.84. The lowest BCUT2D eigenvalue weighted by Crippen LogP contribution is -3.00. The molecule has 5 heterocycles. The molecule has 28 heavy (non-hydrogen) atoms. The van der Waals surface area contributed by atoms with Crippen LogP contribution in [-0.4, -0.2) is 66.7 Å². The predicted molar refractivity (Wildman–Crippen MR) is 104 cm³/mol. The average Bonchev–Trinajstić information content (AvgIpc) is 3.00. The van der Waals surface area contributed by atoms with Crippen LogP contribution in [0.25, 0.3) is 0 Å². The quantitative estimate of drug-likeness (QED) is 0.348. The Hall–Kier alpha value is -0.770. The van der Waals surface area contributed by atoms with Crippen LogP contribution in [0.5, 0.6) is 0 Å². The van der Waals surface area contributed by atoms with E-state index >= 15 is 0 Å². The number of likely N-dealkylation sites (N-methyl/N-ethyl adjacent to an activating group) is 1. The number of thiophene rings is 2. The van der Waals surface area contributed by atoms with Gasteiger partial charge in [-0.2, -0.15) is 0 Å². The smallest absolute Gasteiger partial charge is 0.325 e. The van der Waals surface area contributed by atoms with Crippen molar-refractivity contribution in [3.8, 4) is 0 Å². The molecule has 2 aromatic rings. The van der Waals surface area contributed by atoms with Crippen LogP contribution in [0, 0.1) is 0 Å². The standard InChI is InChI=1S/C20H24NO4S2.BrH/c1-21(2)13-9-12(10-14(21)18-17(13)25-18)24-19(23)20(11-22,15-5-3-7-26-15)16-6-4-8-27-16;/h3-8,12-14,17-18,22H,9-11H2,1-2H3;1H/q+1;/p-1/t12?,13-,14+,17-,18+;. The zero-order valence-electron chi connectivity index (χ0n) is 15.8. The van der Waals surface area contributed by atoms with E-state index in [9.17, 15) is 9.90 Å². The van der Waals surface area contributed by atoms with Gasteiger partial charge < -0.3 is 36.0 Å². The molecule has 0 aliphatic carbocycles. The molecule has 0 aromatic carbocycles. The van der Waals surface area contributed by atoms with Gasteiger partial charge in [0.2, 0.25) is 0 Å². The number of rotatable bonds is 5. The number of hydrogen-bond acceptors (Lipinski definition) is 6. The lowest BCUT2D eigenvalue weighted by Gasteiger charge is -2.45. The van der Waals surface area contributed by atoms with Gasteiger partial charge >= 0.3 is 5.97 Å². The Balaban J connectivity index is 0.00000192. The number of piperidine rings is 1. The molecule has 0 radical (unpaired) electrons. The molecule has 5 atom stereocenters. The van der Waals surface area contributed by atoms with Crippen LogP contribution >= 0.6 is 22.7 Å². The second-order valence-corrected chi connectivity index (χ2v) is 10.2. The van der Waals surface area contributed by atoms with Gasteiger partial charge in [0.05, 0.1) is 20.7 Å². The van der Waals surface area contributed by atoms with Crippen LogP contribution in [0.15, 0.2) is 35.0 Å². The van der Waals surface area contributed by atoms with Gasteiger partial charge in [-0.05, 0) is 22.9 Å². The zero-order valence-corrected chi connectivity index (χ0v) is 19.0. The number of morpholine rings is 1. The molecule has 152 valence electrons. The van der Waals surface area contributed by atoms with Crippen LogP contribution in [0.2, 0.25) is 0 Å². The Bertz CT molecular complexity index is 784. The Labute approximate surface area is 183 Å². The molecule has 0 saturated carbocycles. The fraction of sp³-hybridized carbons (Fsp3) is 0.550. The second kappa shape index (κ2) is 7.18. The van der Waals surface area contributed by atoms with Crippen molar-refractivity contribution >= 4 is 28.6 Å². The number of aliphatic hydroxyl groups excluding tert-OH is 1. The molecular formula is C20H24BrNO4S2. The molecular weight excluding hydrogens is 462 g/mol. The highest BCUT2D eigenvalue weighted by atomic mass is 79.9. The van der Waals surface area contributed by atoms with Gasteiger partial charge in [-0.25, -0.2) is 0 Å². The van der Waals surface area contributed by atoms with Crippen LogP contribution in [0.4, 0.5) is 0 Å². The third-order valence-electron chi connectivity index (χ3n) is 6.78. The molecule has 8 heteroatoms. The minimum atomic E-state index is -1.12. The predicted octanol–water partition coefficient (Wildman–Crippen LogP) is -0.608. The summed E-state index contributed by atoms with van der Waals surface area (Å²) in [5.41, 5.74) is -1.12. The molecule has 0 spiro atoms. The molecule has 3 fully saturated rings. The summed E-state index contributed by atoms with van der Waals surface area (Å²) in [7, 11) is 4.52. The van der Waals surface area contributed by atoms with Gasteiger partial charge in [0.15, 0.2) is 5.41 Å². The molecule has 1 unspecified atom stereocenters. The molecule has 5 nitrogen and oxygen atoms in total. The maximum absolute atomic E-state index is 13.4. The summed E-state index contributed by atoms with van der Waals surface area (Å²) in [6.45, 7) is -0.289. The van der Waals surface area contributed by atoms with E-state index in [1.165, 1.54) is 22.7 Å². The first-order valence-corrected chi connectivity index (χ1v) is 11.1. The number of esters is 1. The number of carbonyl (C=O) groups excluding carboxylic acids is 1.